The third kappa shape index (κ3) is 4.11. The molecule has 2 aromatic rings. The first kappa shape index (κ1) is 14.6. The molecule has 0 amide bonds. The molecule has 0 fully saturated rings. The fourth-order valence-corrected chi connectivity index (χ4v) is 1.74. The Hall–Kier alpha value is -1.79. The normalized spacial score (nSPS) is 12.6. The lowest BCUT2D eigenvalue weighted by molar-refractivity contribution is 0.119. The smallest absolute Gasteiger partial charge is 0.231 e. The van der Waals surface area contributed by atoms with E-state index >= 15 is 0 Å². The van der Waals surface area contributed by atoms with Crippen LogP contribution in [0.4, 0.5) is 4.39 Å². The Morgan fingerprint density at radius 1 is 1.45 bits per heavy atom. The van der Waals surface area contributed by atoms with Gasteiger partial charge in [0.05, 0.1) is 19.1 Å². The van der Waals surface area contributed by atoms with Gasteiger partial charge in [0, 0.05) is 6.61 Å². The Labute approximate surface area is 116 Å². The zero-order chi connectivity index (χ0) is 14.4. The molecular weight excluding hydrogens is 261 g/mol. The van der Waals surface area contributed by atoms with Crippen LogP contribution in [0.15, 0.2) is 28.8 Å². The van der Waals surface area contributed by atoms with E-state index in [1.54, 1.807) is 12.1 Å². The summed E-state index contributed by atoms with van der Waals surface area (Å²) in [7, 11) is 0. The van der Waals surface area contributed by atoms with Crippen LogP contribution in [-0.4, -0.2) is 23.4 Å². The molecule has 0 aliphatic heterocycles. The molecule has 0 saturated heterocycles. The molecule has 0 spiro atoms. The molecule has 108 valence electrons. The van der Waals surface area contributed by atoms with E-state index in [0.717, 1.165) is 12.0 Å². The first-order valence-electron chi connectivity index (χ1n) is 6.59. The molecule has 0 radical (unpaired) electrons. The predicted octanol–water partition coefficient (Wildman–Crippen LogP) is 2.23. The van der Waals surface area contributed by atoms with E-state index in [2.05, 4.69) is 10.1 Å². The topological polar surface area (TPSA) is 74.2 Å². The van der Waals surface area contributed by atoms with Gasteiger partial charge in [0.2, 0.25) is 5.89 Å². The molecule has 0 aliphatic carbocycles. The van der Waals surface area contributed by atoms with Gasteiger partial charge in [-0.25, -0.2) is 4.39 Å². The van der Waals surface area contributed by atoms with E-state index in [4.69, 9.17) is 15.0 Å². The average Bonchev–Trinajstić information content (AvgIpc) is 2.87. The minimum Gasteiger partial charge on any atom is -0.379 e. The number of nitrogens with zero attached hydrogens (tertiary/aromatic N) is 2. The van der Waals surface area contributed by atoms with Crippen molar-refractivity contribution in [2.75, 3.05) is 13.2 Å². The first-order valence-corrected chi connectivity index (χ1v) is 6.59. The molecule has 1 heterocycles. The van der Waals surface area contributed by atoms with Crippen LogP contribution < -0.4 is 5.73 Å². The summed E-state index contributed by atoms with van der Waals surface area (Å²) < 4.78 is 23.5. The third-order valence-corrected chi connectivity index (χ3v) is 2.71. The van der Waals surface area contributed by atoms with E-state index < -0.39 is 6.04 Å². The van der Waals surface area contributed by atoms with Crippen molar-refractivity contribution in [1.82, 2.24) is 10.1 Å². The number of benzene rings is 1. The second-order valence-electron chi connectivity index (χ2n) is 4.53. The molecule has 6 heteroatoms. The maximum atomic E-state index is 13.1. The Morgan fingerprint density at radius 2 is 2.30 bits per heavy atom. The summed E-state index contributed by atoms with van der Waals surface area (Å²) >= 11 is 0. The van der Waals surface area contributed by atoms with Crippen LogP contribution in [0.5, 0.6) is 0 Å². The molecule has 20 heavy (non-hydrogen) atoms. The molecule has 2 rings (SSSR count). The summed E-state index contributed by atoms with van der Waals surface area (Å²) in [6, 6.07) is 5.87. The van der Waals surface area contributed by atoms with Crippen LogP contribution in [-0.2, 0) is 11.2 Å². The Kier molecular flexibility index (Phi) is 5.20. The predicted molar refractivity (Wildman–Crippen MR) is 71.5 cm³/mol. The standard InChI is InChI=1S/C14H18FN3O2/c1-2-6-19-9-12(16)14-17-13(20-18-14)8-10-4-3-5-11(15)7-10/h3-5,7,12H,2,6,8-9,16H2,1H3. The summed E-state index contributed by atoms with van der Waals surface area (Å²) in [5.41, 5.74) is 6.67. The van der Waals surface area contributed by atoms with Gasteiger partial charge < -0.3 is 15.0 Å². The van der Waals surface area contributed by atoms with Crippen molar-refractivity contribution in [2.24, 2.45) is 5.73 Å². The number of halogens is 1. The van der Waals surface area contributed by atoms with E-state index in [0.29, 0.717) is 31.3 Å². The Bertz CT molecular complexity index is 545. The Morgan fingerprint density at radius 3 is 3.05 bits per heavy atom. The second kappa shape index (κ2) is 7.12. The first-order chi connectivity index (χ1) is 9.69. The SMILES string of the molecule is CCCOCC(N)c1noc(Cc2cccc(F)c2)n1. The van der Waals surface area contributed by atoms with Gasteiger partial charge in [-0.15, -0.1) is 0 Å². The van der Waals surface area contributed by atoms with E-state index in [1.165, 1.54) is 12.1 Å². The molecule has 1 aromatic heterocycles. The molecular formula is C14H18FN3O2. The van der Waals surface area contributed by atoms with Crippen molar-refractivity contribution in [3.05, 3.63) is 47.4 Å². The van der Waals surface area contributed by atoms with Gasteiger partial charge in [-0.3, -0.25) is 0 Å². The van der Waals surface area contributed by atoms with Crippen molar-refractivity contribution >= 4 is 0 Å². The summed E-state index contributed by atoms with van der Waals surface area (Å²) in [5.74, 6) is 0.538. The highest BCUT2D eigenvalue weighted by Gasteiger charge is 2.14. The minimum atomic E-state index is -0.411. The van der Waals surface area contributed by atoms with Gasteiger partial charge in [0.25, 0.3) is 0 Å². The maximum Gasteiger partial charge on any atom is 0.231 e. The number of ether oxygens (including phenoxy) is 1. The van der Waals surface area contributed by atoms with Crippen LogP contribution >= 0.6 is 0 Å². The summed E-state index contributed by atoms with van der Waals surface area (Å²) in [4.78, 5) is 4.21. The van der Waals surface area contributed by atoms with Crippen LogP contribution in [0.2, 0.25) is 0 Å². The Balaban J connectivity index is 1.94. The van der Waals surface area contributed by atoms with Gasteiger partial charge in [0.1, 0.15) is 5.82 Å². The minimum absolute atomic E-state index is 0.285. The van der Waals surface area contributed by atoms with Crippen molar-refractivity contribution in [1.29, 1.82) is 0 Å². The van der Waals surface area contributed by atoms with Crippen LogP contribution in [0.3, 0.4) is 0 Å². The quantitative estimate of drug-likeness (QED) is 0.787. The average molecular weight is 279 g/mol. The molecule has 1 atom stereocenters. The van der Waals surface area contributed by atoms with E-state index in [-0.39, 0.29) is 5.82 Å². The van der Waals surface area contributed by atoms with Crippen LogP contribution in [0.25, 0.3) is 0 Å². The van der Waals surface area contributed by atoms with E-state index in [9.17, 15) is 4.39 Å². The third-order valence-electron chi connectivity index (χ3n) is 2.71. The molecule has 0 bridgehead atoms. The molecule has 2 N–H and O–H groups in total. The molecule has 1 aromatic carbocycles. The summed E-state index contributed by atoms with van der Waals surface area (Å²) in [5, 5.41) is 3.83. The lowest BCUT2D eigenvalue weighted by atomic mass is 10.1. The van der Waals surface area contributed by atoms with Crippen molar-refractivity contribution in [2.45, 2.75) is 25.8 Å². The van der Waals surface area contributed by atoms with Gasteiger partial charge in [-0.05, 0) is 24.1 Å². The fourth-order valence-electron chi connectivity index (χ4n) is 1.74. The number of hydrogen-bond acceptors (Lipinski definition) is 5. The highest BCUT2D eigenvalue weighted by molar-refractivity contribution is 5.19. The van der Waals surface area contributed by atoms with Crippen LogP contribution in [0.1, 0.15) is 36.7 Å². The molecule has 0 saturated carbocycles. The van der Waals surface area contributed by atoms with Crippen molar-refractivity contribution in [3.8, 4) is 0 Å². The number of hydrogen-bond donors (Lipinski definition) is 1. The van der Waals surface area contributed by atoms with Crippen molar-refractivity contribution < 1.29 is 13.7 Å². The number of aromatic nitrogens is 2. The number of nitrogens with two attached hydrogens (primary N) is 1. The highest BCUT2D eigenvalue weighted by atomic mass is 19.1. The van der Waals surface area contributed by atoms with Gasteiger partial charge in [-0.1, -0.05) is 24.2 Å². The molecule has 1 unspecified atom stereocenters. The largest absolute Gasteiger partial charge is 0.379 e. The van der Waals surface area contributed by atoms with Gasteiger partial charge >= 0.3 is 0 Å². The molecule has 5 nitrogen and oxygen atoms in total. The summed E-state index contributed by atoms with van der Waals surface area (Å²) in [6.07, 6.45) is 1.32. The fraction of sp³-hybridized carbons (Fsp3) is 0.429. The van der Waals surface area contributed by atoms with Crippen molar-refractivity contribution in [3.63, 3.8) is 0 Å². The van der Waals surface area contributed by atoms with Crippen LogP contribution in [0, 0.1) is 5.82 Å². The lowest BCUT2D eigenvalue weighted by Crippen LogP contribution is -2.18. The van der Waals surface area contributed by atoms with Gasteiger partial charge in [0.15, 0.2) is 5.82 Å². The van der Waals surface area contributed by atoms with E-state index in [1.807, 2.05) is 6.92 Å². The monoisotopic (exact) mass is 279 g/mol. The lowest BCUT2D eigenvalue weighted by Gasteiger charge is -2.06. The zero-order valence-corrected chi connectivity index (χ0v) is 11.4. The maximum absolute atomic E-state index is 13.1. The highest BCUT2D eigenvalue weighted by Crippen LogP contribution is 2.12. The molecule has 0 aliphatic rings. The number of rotatable bonds is 7. The van der Waals surface area contributed by atoms with Gasteiger partial charge in [-0.2, -0.15) is 4.98 Å². The zero-order valence-electron chi connectivity index (χ0n) is 11.4. The summed E-state index contributed by atoms with van der Waals surface area (Å²) in [6.45, 7) is 3.03. The second-order valence-corrected chi connectivity index (χ2v) is 4.53.